The molecule has 1 aromatic heterocycles. The number of hydrogen-bond acceptors (Lipinski definition) is 4. The van der Waals surface area contributed by atoms with Crippen LogP contribution in [-0.4, -0.2) is 22.6 Å². The molecule has 2 aromatic carbocycles. The minimum Gasteiger partial charge on any atom is -0.352 e. The average molecular weight is 335 g/mol. The molecule has 1 amide bonds. The third-order valence-electron chi connectivity index (χ3n) is 3.88. The molecule has 0 unspecified atom stereocenters. The first-order valence-corrected chi connectivity index (χ1v) is 8.33. The van der Waals surface area contributed by atoms with E-state index in [0.29, 0.717) is 35.3 Å². The highest BCUT2D eigenvalue weighted by molar-refractivity contribution is 6.00. The summed E-state index contributed by atoms with van der Waals surface area (Å²) in [6.07, 6.45) is 0. The summed E-state index contributed by atoms with van der Waals surface area (Å²) in [4.78, 5) is 17.0. The Labute approximate surface area is 147 Å². The van der Waals surface area contributed by atoms with E-state index in [9.17, 15) is 4.79 Å². The highest BCUT2D eigenvalue weighted by Crippen LogP contribution is 2.26. The second kappa shape index (κ2) is 7.30. The molecule has 0 aliphatic rings. The molecule has 1 N–H and O–H groups in total. The third kappa shape index (κ3) is 3.76. The van der Waals surface area contributed by atoms with Gasteiger partial charge in [-0.1, -0.05) is 55.4 Å². The van der Waals surface area contributed by atoms with Crippen molar-refractivity contribution < 1.29 is 9.32 Å². The van der Waals surface area contributed by atoms with Crippen molar-refractivity contribution in [2.45, 2.75) is 20.8 Å². The number of nitrogens with zero attached hydrogens (tertiary/aromatic N) is 2. The van der Waals surface area contributed by atoms with Gasteiger partial charge in [0.2, 0.25) is 5.82 Å². The van der Waals surface area contributed by atoms with Crippen LogP contribution in [-0.2, 0) is 0 Å². The highest BCUT2D eigenvalue weighted by atomic mass is 16.5. The van der Waals surface area contributed by atoms with Gasteiger partial charge in [-0.2, -0.15) is 4.98 Å². The topological polar surface area (TPSA) is 68.0 Å². The van der Waals surface area contributed by atoms with Gasteiger partial charge in [0.25, 0.3) is 11.8 Å². The Morgan fingerprint density at radius 3 is 2.48 bits per heavy atom. The number of aromatic nitrogens is 2. The molecule has 1 heterocycles. The summed E-state index contributed by atoms with van der Waals surface area (Å²) in [6, 6.07) is 15.1. The Morgan fingerprint density at radius 1 is 1.08 bits per heavy atom. The molecule has 0 bridgehead atoms. The van der Waals surface area contributed by atoms with E-state index in [0.717, 1.165) is 11.1 Å². The molecule has 0 spiro atoms. The Morgan fingerprint density at radius 2 is 1.76 bits per heavy atom. The average Bonchev–Trinajstić information content (AvgIpc) is 3.09. The molecule has 0 saturated carbocycles. The van der Waals surface area contributed by atoms with Gasteiger partial charge in [0.1, 0.15) is 0 Å². The van der Waals surface area contributed by atoms with E-state index < -0.39 is 0 Å². The number of amides is 1. The van der Waals surface area contributed by atoms with Gasteiger partial charge in [0.15, 0.2) is 0 Å². The predicted octanol–water partition coefficient (Wildman–Crippen LogP) is 4.10. The van der Waals surface area contributed by atoms with E-state index in [2.05, 4.69) is 29.3 Å². The first-order valence-electron chi connectivity index (χ1n) is 8.33. The highest BCUT2D eigenvalue weighted by Gasteiger charge is 2.18. The molecule has 5 heteroatoms. The smallest absolute Gasteiger partial charge is 0.259 e. The molecule has 0 fully saturated rings. The number of nitrogens with one attached hydrogen (secondary N) is 1. The van der Waals surface area contributed by atoms with Crippen molar-refractivity contribution in [3.05, 3.63) is 59.7 Å². The fourth-order valence-electron chi connectivity index (χ4n) is 2.53. The molecule has 5 nitrogen and oxygen atoms in total. The van der Waals surface area contributed by atoms with Crippen LogP contribution in [0.15, 0.2) is 53.1 Å². The maximum Gasteiger partial charge on any atom is 0.259 e. The molecular weight excluding hydrogens is 314 g/mol. The van der Waals surface area contributed by atoms with Crippen LogP contribution in [0.3, 0.4) is 0 Å². The van der Waals surface area contributed by atoms with Crippen LogP contribution in [0.25, 0.3) is 22.8 Å². The first-order chi connectivity index (χ1) is 12.1. The van der Waals surface area contributed by atoms with Crippen molar-refractivity contribution in [3.8, 4) is 22.8 Å². The van der Waals surface area contributed by atoms with Crippen LogP contribution in [0, 0.1) is 12.8 Å². The Bertz CT molecular complexity index is 884. The molecule has 25 heavy (non-hydrogen) atoms. The predicted molar refractivity (Wildman–Crippen MR) is 97.1 cm³/mol. The van der Waals surface area contributed by atoms with E-state index >= 15 is 0 Å². The first kappa shape index (κ1) is 16.9. The van der Waals surface area contributed by atoms with Crippen LogP contribution in [0.1, 0.15) is 29.8 Å². The summed E-state index contributed by atoms with van der Waals surface area (Å²) in [5, 5.41) is 7.01. The van der Waals surface area contributed by atoms with E-state index in [1.807, 2.05) is 49.4 Å². The van der Waals surface area contributed by atoms with Gasteiger partial charge in [0, 0.05) is 12.1 Å². The Hall–Kier alpha value is -2.95. The molecule has 3 rings (SSSR count). The van der Waals surface area contributed by atoms with Gasteiger partial charge >= 0.3 is 0 Å². The summed E-state index contributed by atoms with van der Waals surface area (Å²) in [5.41, 5.74) is 3.15. The fourth-order valence-corrected chi connectivity index (χ4v) is 2.53. The molecule has 0 aliphatic carbocycles. The molecule has 0 aliphatic heterocycles. The lowest BCUT2D eigenvalue weighted by molar-refractivity contribution is 0.0949. The summed E-state index contributed by atoms with van der Waals surface area (Å²) < 4.78 is 5.44. The third-order valence-corrected chi connectivity index (χ3v) is 3.88. The number of hydrogen-bond donors (Lipinski definition) is 1. The van der Waals surface area contributed by atoms with Crippen LogP contribution in [0.4, 0.5) is 0 Å². The Balaban J connectivity index is 1.93. The SMILES string of the molecule is Cc1ccccc1-c1noc(-c2ccccc2C(=O)NCC(C)C)n1. The Kier molecular flexibility index (Phi) is 4.93. The molecule has 3 aromatic rings. The van der Waals surface area contributed by atoms with Crippen molar-refractivity contribution in [1.82, 2.24) is 15.5 Å². The second-order valence-electron chi connectivity index (χ2n) is 6.39. The molecular formula is C20H21N3O2. The van der Waals surface area contributed by atoms with Crippen LogP contribution in [0.2, 0.25) is 0 Å². The van der Waals surface area contributed by atoms with Gasteiger partial charge in [-0.25, -0.2) is 0 Å². The zero-order valence-corrected chi connectivity index (χ0v) is 14.6. The number of carbonyl (C=O) groups excluding carboxylic acids is 1. The fraction of sp³-hybridized carbons (Fsp3) is 0.250. The van der Waals surface area contributed by atoms with Gasteiger partial charge in [-0.3, -0.25) is 4.79 Å². The minimum absolute atomic E-state index is 0.139. The minimum atomic E-state index is -0.139. The lowest BCUT2D eigenvalue weighted by atomic mass is 10.1. The van der Waals surface area contributed by atoms with Gasteiger partial charge < -0.3 is 9.84 Å². The van der Waals surface area contributed by atoms with Crippen LogP contribution >= 0.6 is 0 Å². The zero-order chi connectivity index (χ0) is 17.8. The van der Waals surface area contributed by atoms with E-state index in [1.165, 1.54) is 0 Å². The monoisotopic (exact) mass is 335 g/mol. The van der Waals surface area contributed by atoms with E-state index in [4.69, 9.17) is 4.52 Å². The summed E-state index contributed by atoms with van der Waals surface area (Å²) in [6.45, 7) is 6.72. The summed E-state index contributed by atoms with van der Waals surface area (Å²) >= 11 is 0. The van der Waals surface area contributed by atoms with Crippen LogP contribution < -0.4 is 5.32 Å². The second-order valence-corrected chi connectivity index (χ2v) is 6.39. The van der Waals surface area contributed by atoms with Crippen molar-refractivity contribution in [1.29, 1.82) is 0 Å². The van der Waals surface area contributed by atoms with Gasteiger partial charge in [0.05, 0.1) is 11.1 Å². The molecule has 0 saturated heterocycles. The van der Waals surface area contributed by atoms with Crippen molar-refractivity contribution in [3.63, 3.8) is 0 Å². The number of rotatable bonds is 5. The van der Waals surface area contributed by atoms with Gasteiger partial charge in [-0.05, 0) is 30.5 Å². The van der Waals surface area contributed by atoms with E-state index in [-0.39, 0.29) is 5.91 Å². The van der Waals surface area contributed by atoms with Crippen molar-refractivity contribution >= 4 is 5.91 Å². The lowest BCUT2D eigenvalue weighted by Gasteiger charge is -2.09. The lowest BCUT2D eigenvalue weighted by Crippen LogP contribution is -2.27. The summed E-state index contributed by atoms with van der Waals surface area (Å²) in [7, 11) is 0. The maximum atomic E-state index is 12.5. The summed E-state index contributed by atoms with van der Waals surface area (Å²) in [5.74, 6) is 1.10. The van der Waals surface area contributed by atoms with E-state index in [1.54, 1.807) is 6.07 Å². The standard InChI is InChI=1S/C20H21N3O2/c1-13(2)12-21-19(24)16-10-6-7-11-17(16)20-22-18(23-25-20)15-9-5-4-8-14(15)3/h4-11,13H,12H2,1-3H3,(H,21,24). The normalized spacial score (nSPS) is 10.9. The molecule has 0 atom stereocenters. The molecule has 0 radical (unpaired) electrons. The quantitative estimate of drug-likeness (QED) is 0.762. The zero-order valence-electron chi connectivity index (χ0n) is 14.6. The van der Waals surface area contributed by atoms with Gasteiger partial charge in [-0.15, -0.1) is 0 Å². The largest absolute Gasteiger partial charge is 0.352 e. The maximum absolute atomic E-state index is 12.5. The van der Waals surface area contributed by atoms with Crippen molar-refractivity contribution in [2.75, 3.05) is 6.54 Å². The van der Waals surface area contributed by atoms with Crippen molar-refractivity contribution in [2.24, 2.45) is 5.92 Å². The number of benzene rings is 2. The van der Waals surface area contributed by atoms with Crippen LogP contribution in [0.5, 0.6) is 0 Å². The number of aryl methyl sites for hydroxylation is 1. The molecule has 128 valence electrons. The number of carbonyl (C=O) groups is 1.